The lowest BCUT2D eigenvalue weighted by Crippen LogP contribution is -2.51. The molecule has 1 aliphatic heterocycles. The number of nitrogens with zero attached hydrogens (tertiary/aromatic N) is 4. The normalized spacial score (nSPS) is 16.5. The molecule has 10 heteroatoms. The Balaban J connectivity index is 1.87. The third-order valence-electron chi connectivity index (χ3n) is 5.34. The number of piperazine rings is 1. The topological polar surface area (TPSA) is 106 Å². The predicted octanol–water partition coefficient (Wildman–Crippen LogP) is 1.21. The zero-order valence-corrected chi connectivity index (χ0v) is 17.7. The fourth-order valence-corrected chi connectivity index (χ4v) is 3.95. The van der Waals surface area contributed by atoms with E-state index < -0.39 is 18.0 Å². The van der Waals surface area contributed by atoms with Crippen molar-refractivity contribution >= 4 is 40.3 Å². The molecular weight excluding hydrogens is 412 g/mol. The van der Waals surface area contributed by atoms with Gasteiger partial charge in [0.05, 0.1) is 12.1 Å². The van der Waals surface area contributed by atoms with Crippen LogP contribution < -0.4 is 0 Å². The predicted molar refractivity (Wildman–Crippen MR) is 112 cm³/mol. The molecule has 1 aromatic carbocycles. The smallest absolute Gasteiger partial charge is 0.325 e. The van der Waals surface area contributed by atoms with Crippen LogP contribution in [-0.4, -0.2) is 94.1 Å². The van der Waals surface area contributed by atoms with Crippen molar-refractivity contribution < 1.29 is 24.6 Å². The number of hydrogen-bond donors (Lipinski definition) is 2. The van der Waals surface area contributed by atoms with Gasteiger partial charge in [-0.2, -0.15) is 0 Å². The standard InChI is InChI=1S/C20H25ClN4O5/c1-22(2)17(26)11-23-5-7-24(8-6-23)19(20(29)30)15-10-25(12-18(27)28)16-9-13(21)3-4-14(15)16/h3-4,9-10,19H,5-8,11-12H2,1-2H3,(H,27,28)(H,29,30)/t19-/m1/s1. The fraction of sp³-hybridized carbons (Fsp3) is 0.450. The summed E-state index contributed by atoms with van der Waals surface area (Å²) in [6.07, 6.45) is 1.59. The summed E-state index contributed by atoms with van der Waals surface area (Å²) in [4.78, 5) is 40.8. The largest absolute Gasteiger partial charge is 0.480 e. The van der Waals surface area contributed by atoms with Crippen LogP contribution in [0.5, 0.6) is 0 Å². The molecule has 3 rings (SSSR count). The summed E-state index contributed by atoms with van der Waals surface area (Å²) in [5.41, 5.74) is 1.12. The number of carboxylic acid groups (broad SMARTS) is 2. The first-order valence-corrected chi connectivity index (χ1v) is 9.94. The molecule has 0 aliphatic carbocycles. The van der Waals surface area contributed by atoms with Crippen molar-refractivity contribution in [1.29, 1.82) is 0 Å². The third-order valence-corrected chi connectivity index (χ3v) is 5.57. The summed E-state index contributed by atoms with van der Waals surface area (Å²) in [5, 5.41) is 20.3. The maximum Gasteiger partial charge on any atom is 0.325 e. The monoisotopic (exact) mass is 436 g/mol. The van der Waals surface area contributed by atoms with Crippen molar-refractivity contribution in [2.45, 2.75) is 12.6 Å². The van der Waals surface area contributed by atoms with Gasteiger partial charge in [-0.3, -0.25) is 24.2 Å². The molecule has 1 saturated heterocycles. The van der Waals surface area contributed by atoms with Crippen molar-refractivity contribution in [2.24, 2.45) is 0 Å². The highest BCUT2D eigenvalue weighted by molar-refractivity contribution is 6.31. The number of likely N-dealkylation sites (N-methyl/N-ethyl adjacent to an activating group) is 1. The van der Waals surface area contributed by atoms with Crippen LogP contribution in [0.15, 0.2) is 24.4 Å². The van der Waals surface area contributed by atoms with E-state index in [-0.39, 0.29) is 12.5 Å². The van der Waals surface area contributed by atoms with E-state index in [0.29, 0.717) is 54.2 Å². The second-order valence-corrected chi connectivity index (χ2v) is 8.05. The van der Waals surface area contributed by atoms with Gasteiger partial charge in [-0.15, -0.1) is 0 Å². The lowest BCUT2D eigenvalue weighted by Gasteiger charge is -2.37. The zero-order valence-electron chi connectivity index (χ0n) is 16.9. The molecule has 162 valence electrons. The van der Waals surface area contributed by atoms with Gasteiger partial charge in [0.25, 0.3) is 0 Å². The summed E-state index contributed by atoms with van der Waals surface area (Å²) in [6, 6.07) is 4.12. The number of hydrogen-bond acceptors (Lipinski definition) is 5. The molecule has 1 atom stereocenters. The Morgan fingerprint density at radius 1 is 1.10 bits per heavy atom. The van der Waals surface area contributed by atoms with Crippen LogP contribution >= 0.6 is 11.6 Å². The van der Waals surface area contributed by atoms with Gasteiger partial charge in [0.15, 0.2) is 0 Å². The van der Waals surface area contributed by atoms with E-state index in [9.17, 15) is 24.6 Å². The van der Waals surface area contributed by atoms with Crippen LogP contribution in [0, 0.1) is 0 Å². The van der Waals surface area contributed by atoms with Crippen LogP contribution in [0.25, 0.3) is 10.9 Å². The number of aromatic nitrogens is 1. The van der Waals surface area contributed by atoms with Crippen LogP contribution in [0.4, 0.5) is 0 Å². The molecular formula is C20H25ClN4O5. The Hall–Kier alpha value is -2.62. The number of halogens is 1. The maximum atomic E-state index is 12.2. The van der Waals surface area contributed by atoms with E-state index in [1.165, 1.54) is 9.47 Å². The van der Waals surface area contributed by atoms with Crippen LogP contribution in [0.3, 0.4) is 0 Å². The van der Waals surface area contributed by atoms with Gasteiger partial charge in [0.2, 0.25) is 5.91 Å². The average molecular weight is 437 g/mol. The number of carboxylic acids is 2. The number of benzene rings is 1. The van der Waals surface area contributed by atoms with Gasteiger partial charge < -0.3 is 19.7 Å². The van der Waals surface area contributed by atoms with E-state index in [2.05, 4.69) is 0 Å². The Morgan fingerprint density at radius 3 is 2.33 bits per heavy atom. The Labute approximate surface area is 179 Å². The molecule has 1 aromatic heterocycles. The minimum absolute atomic E-state index is 0.00635. The highest BCUT2D eigenvalue weighted by atomic mass is 35.5. The first-order chi connectivity index (χ1) is 14.2. The molecule has 0 bridgehead atoms. The Kier molecular flexibility index (Phi) is 6.64. The minimum atomic E-state index is -1.02. The summed E-state index contributed by atoms with van der Waals surface area (Å²) >= 11 is 6.08. The molecule has 1 aliphatic rings. The highest BCUT2D eigenvalue weighted by Crippen LogP contribution is 2.32. The number of carbonyl (C=O) groups excluding carboxylic acids is 1. The number of rotatable bonds is 7. The number of aliphatic carboxylic acids is 2. The van der Waals surface area contributed by atoms with E-state index in [1.54, 1.807) is 38.5 Å². The van der Waals surface area contributed by atoms with Crippen molar-refractivity contribution in [2.75, 3.05) is 46.8 Å². The lowest BCUT2D eigenvalue weighted by atomic mass is 10.0. The molecule has 30 heavy (non-hydrogen) atoms. The molecule has 2 N–H and O–H groups in total. The number of amides is 1. The molecule has 2 heterocycles. The number of fused-ring (bicyclic) bond motifs is 1. The molecule has 0 spiro atoms. The van der Waals surface area contributed by atoms with Crippen LogP contribution in [-0.2, 0) is 20.9 Å². The van der Waals surface area contributed by atoms with E-state index >= 15 is 0 Å². The molecule has 2 aromatic rings. The van der Waals surface area contributed by atoms with Crippen LogP contribution in [0.2, 0.25) is 5.02 Å². The van der Waals surface area contributed by atoms with Gasteiger partial charge in [-0.25, -0.2) is 0 Å². The first-order valence-electron chi connectivity index (χ1n) is 9.57. The van der Waals surface area contributed by atoms with Crippen molar-refractivity contribution in [3.63, 3.8) is 0 Å². The van der Waals surface area contributed by atoms with E-state index in [0.717, 1.165) is 0 Å². The molecule has 1 amide bonds. The SMILES string of the molecule is CN(C)C(=O)CN1CCN([C@@H](C(=O)O)c2cn(CC(=O)O)c3cc(Cl)ccc23)CC1. The van der Waals surface area contributed by atoms with Gasteiger partial charge in [-0.05, 0) is 12.1 Å². The summed E-state index contributed by atoms with van der Waals surface area (Å²) in [7, 11) is 3.41. The van der Waals surface area contributed by atoms with Gasteiger partial charge in [-0.1, -0.05) is 17.7 Å². The van der Waals surface area contributed by atoms with Crippen LogP contribution in [0.1, 0.15) is 11.6 Å². The molecule has 9 nitrogen and oxygen atoms in total. The van der Waals surface area contributed by atoms with Gasteiger partial charge in [0.1, 0.15) is 12.6 Å². The summed E-state index contributed by atoms with van der Waals surface area (Å²) in [5.74, 6) is -2.02. The van der Waals surface area contributed by atoms with Crippen molar-refractivity contribution in [3.8, 4) is 0 Å². The van der Waals surface area contributed by atoms with Crippen molar-refractivity contribution in [3.05, 3.63) is 35.0 Å². The molecule has 0 radical (unpaired) electrons. The Bertz CT molecular complexity index is 966. The third kappa shape index (κ3) is 4.75. The maximum absolute atomic E-state index is 12.2. The number of carbonyl (C=O) groups is 3. The summed E-state index contributed by atoms with van der Waals surface area (Å²) < 4.78 is 1.51. The van der Waals surface area contributed by atoms with Crippen molar-refractivity contribution in [1.82, 2.24) is 19.3 Å². The highest BCUT2D eigenvalue weighted by Gasteiger charge is 2.33. The fourth-order valence-electron chi connectivity index (χ4n) is 3.79. The average Bonchev–Trinajstić information content (AvgIpc) is 2.99. The van der Waals surface area contributed by atoms with E-state index in [1.807, 2.05) is 9.80 Å². The second-order valence-electron chi connectivity index (χ2n) is 7.61. The molecule has 0 saturated carbocycles. The van der Waals surface area contributed by atoms with Gasteiger partial charge >= 0.3 is 11.9 Å². The molecule has 0 unspecified atom stereocenters. The minimum Gasteiger partial charge on any atom is -0.480 e. The Morgan fingerprint density at radius 2 is 1.77 bits per heavy atom. The lowest BCUT2D eigenvalue weighted by molar-refractivity contribution is -0.145. The zero-order chi connectivity index (χ0) is 22.0. The molecule has 1 fully saturated rings. The first kappa shape index (κ1) is 22.1. The summed E-state index contributed by atoms with van der Waals surface area (Å²) in [6.45, 7) is 2.12. The van der Waals surface area contributed by atoms with Gasteiger partial charge in [0, 0.05) is 62.4 Å². The second kappa shape index (κ2) is 9.03. The van der Waals surface area contributed by atoms with E-state index in [4.69, 9.17) is 11.6 Å². The quantitative estimate of drug-likeness (QED) is 0.671.